The van der Waals surface area contributed by atoms with E-state index in [9.17, 15) is 0 Å². The standard InChI is InChI=1S/C55H38N2O/c1-3-48-46(44-31-27-41(38-17-8-5-9-18-38)35-52(44)56(48)42-29-25-39(26-30-42)37-15-6-4-7-16-37)33-36(2)40-28-32-50-47(34-40)43-19-10-12-21-49(43)57(50)51-22-14-24-54-55(51)45-20-11-13-23-53(45)58-54/h3-35H,1H2,2H3/b36-33+. The van der Waals surface area contributed by atoms with Crippen molar-refractivity contribution in [3.8, 4) is 33.6 Å². The normalized spacial score (nSPS) is 12.1. The first-order valence-electron chi connectivity index (χ1n) is 19.8. The van der Waals surface area contributed by atoms with Gasteiger partial charge in [0, 0.05) is 32.8 Å². The Hall–Kier alpha value is -7.62. The molecule has 3 nitrogen and oxygen atoms in total. The van der Waals surface area contributed by atoms with Gasteiger partial charge in [-0.3, -0.25) is 0 Å². The highest BCUT2D eigenvalue weighted by Crippen LogP contribution is 2.41. The van der Waals surface area contributed by atoms with E-state index in [1.165, 1.54) is 55.1 Å². The van der Waals surface area contributed by atoms with E-state index in [0.29, 0.717) is 0 Å². The Kier molecular flexibility index (Phi) is 7.87. The number of hydrogen-bond acceptors (Lipinski definition) is 1. The monoisotopic (exact) mass is 742 g/mol. The third-order valence-corrected chi connectivity index (χ3v) is 11.7. The maximum atomic E-state index is 6.32. The third-order valence-electron chi connectivity index (χ3n) is 11.7. The fourth-order valence-electron chi connectivity index (χ4n) is 8.93. The number of hydrogen-bond donors (Lipinski definition) is 0. The van der Waals surface area contributed by atoms with Gasteiger partial charge in [-0.25, -0.2) is 0 Å². The molecule has 0 saturated carbocycles. The van der Waals surface area contributed by atoms with Crippen LogP contribution in [-0.2, 0) is 0 Å². The van der Waals surface area contributed by atoms with Crippen LogP contribution in [0.1, 0.15) is 23.7 Å². The van der Waals surface area contributed by atoms with Crippen molar-refractivity contribution in [3.05, 3.63) is 211 Å². The molecule has 8 aromatic carbocycles. The maximum absolute atomic E-state index is 6.32. The zero-order valence-electron chi connectivity index (χ0n) is 32.1. The molecule has 0 unspecified atom stereocenters. The summed E-state index contributed by atoms with van der Waals surface area (Å²) in [5, 5.41) is 5.85. The summed E-state index contributed by atoms with van der Waals surface area (Å²) < 4.78 is 11.1. The molecule has 0 radical (unpaired) electrons. The van der Waals surface area contributed by atoms with Gasteiger partial charge in [0.15, 0.2) is 0 Å². The van der Waals surface area contributed by atoms with Crippen molar-refractivity contribution >= 4 is 72.4 Å². The van der Waals surface area contributed by atoms with Crippen LogP contribution in [0.25, 0.3) is 106 Å². The molecule has 3 heterocycles. The Labute approximate surface area is 336 Å². The Bertz CT molecular complexity index is 3390. The van der Waals surface area contributed by atoms with E-state index in [2.05, 4.69) is 205 Å². The summed E-state index contributed by atoms with van der Waals surface area (Å²) >= 11 is 0. The van der Waals surface area contributed by atoms with Gasteiger partial charge in [-0.2, -0.15) is 0 Å². The summed E-state index contributed by atoms with van der Waals surface area (Å²) in [4.78, 5) is 0. The lowest BCUT2D eigenvalue weighted by atomic mass is 9.99. The van der Waals surface area contributed by atoms with Gasteiger partial charge >= 0.3 is 0 Å². The van der Waals surface area contributed by atoms with Gasteiger partial charge in [-0.15, -0.1) is 0 Å². The second-order valence-corrected chi connectivity index (χ2v) is 15.0. The predicted octanol–water partition coefficient (Wildman–Crippen LogP) is 15.2. The van der Waals surface area contributed by atoms with Crippen LogP contribution in [0.5, 0.6) is 0 Å². The Morgan fingerprint density at radius 2 is 1.12 bits per heavy atom. The minimum atomic E-state index is 0.889. The summed E-state index contributed by atoms with van der Waals surface area (Å²) in [6.45, 7) is 6.61. The highest BCUT2D eigenvalue weighted by molar-refractivity contribution is 6.15. The van der Waals surface area contributed by atoms with Gasteiger partial charge in [0.25, 0.3) is 0 Å². The van der Waals surface area contributed by atoms with Crippen LogP contribution >= 0.6 is 0 Å². The molecular weight excluding hydrogens is 705 g/mol. The molecule has 0 aliphatic rings. The largest absolute Gasteiger partial charge is 0.456 e. The minimum Gasteiger partial charge on any atom is -0.456 e. The first-order valence-corrected chi connectivity index (χ1v) is 19.8. The molecular formula is C55H38N2O. The lowest BCUT2D eigenvalue weighted by Crippen LogP contribution is -1.97. The molecule has 0 N–H and O–H groups in total. The SMILES string of the molecule is C=Cc1c(/C=C(\C)c2ccc3c(c2)c2ccccc2n3-c2cccc3oc4ccccc4c23)c2ccc(-c3ccccc3)cc2n1-c1ccc(-c2ccccc2)cc1. The molecule has 0 amide bonds. The van der Waals surface area contributed by atoms with E-state index in [1.54, 1.807) is 0 Å². The molecule has 0 aliphatic heterocycles. The van der Waals surface area contributed by atoms with Gasteiger partial charge in [0.05, 0.1) is 33.3 Å². The van der Waals surface area contributed by atoms with E-state index in [1.807, 2.05) is 18.2 Å². The van der Waals surface area contributed by atoms with E-state index < -0.39 is 0 Å². The number of allylic oxidation sites excluding steroid dienone is 1. The third kappa shape index (κ3) is 5.36. The highest BCUT2D eigenvalue weighted by atomic mass is 16.3. The number of para-hydroxylation sites is 2. The Morgan fingerprint density at radius 1 is 0.483 bits per heavy atom. The van der Waals surface area contributed by atoms with Crippen molar-refractivity contribution in [1.29, 1.82) is 0 Å². The highest BCUT2D eigenvalue weighted by Gasteiger charge is 2.20. The summed E-state index contributed by atoms with van der Waals surface area (Å²) in [7, 11) is 0. The summed E-state index contributed by atoms with van der Waals surface area (Å²) in [6.07, 6.45) is 4.35. The molecule has 58 heavy (non-hydrogen) atoms. The van der Waals surface area contributed by atoms with Crippen LogP contribution in [0.2, 0.25) is 0 Å². The van der Waals surface area contributed by atoms with Crippen molar-refractivity contribution in [2.45, 2.75) is 6.92 Å². The molecule has 3 heteroatoms. The van der Waals surface area contributed by atoms with E-state index in [0.717, 1.165) is 55.6 Å². The van der Waals surface area contributed by atoms with Crippen molar-refractivity contribution in [1.82, 2.24) is 9.13 Å². The second kappa shape index (κ2) is 13.5. The van der Waals surface area contributed by atoms with Crippen LogP contribution in [-0.4, -0.2) is 9.13 Å². The summed E-state index contributed by atoms with van der Waals surface area (Å²) in [5.41, 5.74) is 16.8. The van der Waals surface area contributed by atoms with Gasteiger partial charge < -0.3 is 13.6 Å². The number of fused-ring (bicyclic) bond motifs is 7. The molecule has 0 spiro atoms. The van der Waals surface area contributed by atoms with Crippen molar-refractivity contribution < 1.29 is 4.42 Å². The van der Waals surface area contributed by atoms with E-state index >= 15 is 0 Å². The molecule has 0 atom stereocenters. The van der Waals surface area contributed by atoms with Crippen LogP contribution < -0.4 is 0 Å². The van der Waals surface area contributed by atoms with E-state index in [-0.39, 0.29) is 0 Å². The molecule has 3 aromatic heterocycles. The first-order chi connectivity index (χ1) is 28.6. The Morgan fingerprint density at radius 3 is 1.90 bits per heavy atom. The fraction of sp³-hybridized carbons (Fsp3) is 0.0182. The average molecular weight is 743 g/mol. The van der Waals surface area contributed by atoms with E-state index in [4.69, 9.17) is 4.42 Å². The number of rotatable bonds is 7. The molecule has 0 aliphatic carbocycles. The van der Waals surface area contributed by atoms with Crippen LogP contribution in [0.3, 0.4) is 0 Å². The molecule has 11 aromatic rings. The fourth-order valence-corrected chi connectivity index (χ4v) is 8.93. The quantitative estimate of drug-likeness (QED) is 0.159. The Balaban J connectivity index is 1.08. The second-order valence-electron chi connectivity index (χ2n) is 15.0. The smallest absolute Gasteiger partial charge is 0.137 e. The summed E-state index contributed by atoms with van der Waals surface area (Å²) in [5.74, 6) is 0. The average Bonchev–Trinajstić information content (AvgIpc) is 3.94. The zero-order valence-corrected chi connectivity index (χ0v) is 32.1. The van der Waals surface area contributed by atoms with Gasteiger partial charge in [0.1, 0.15) is 11.2 Å². The van der Waals surface area contributed by atoms with Gasteiger partial charge in [0.2, 0.25) is 0 Å². The predicted molar refractivity (Wildman–Crippen MR) is 246 cm³/mol. The maximum Gasteiger partial charge on any atom is 0.137 e. The van der Waals surface area contributed by atoms with Gasteiger partial charge in [-0.05, 0) is 107 Å². The first kappa shape index (κ1) is 33.7. The topological polar surface area (TPSA) is 23.0 Å². The van der Waals surface area contributed by atoms with Crippen LogP contribution in [0.4, 0.5) is 0 Å². The lowest BCUT2D eigenvalue weighted by Gasteiger charge is -2.12. The number of nitrogens with zero attached hydrogens (tertiary/aromatic N) is 2. The lowest BCUT2D eigenvalue weighted by molar-refractivity contribution is 0.669. The molecule has 0 saturated heterocycles. The minimum absolute atomic E-state index is 0.889. The molecule has 11 rings (SSSR count). The van der Waals surface area contributed by atoms with Crippen molar-refractivity contribution in [2.24, 2.45) is 0 Å². The molecule has 274 valence electrons. The van der Waals surface area contributed by atoms with Crippen LogP contribution in [0, 0.1) is 0 Å². The summed E-state index contributed by atoms with van der Waals surface area (Å²) in [6, 6.07) is 67.2. The van der Waals surface area contributed by atoms with Crippen molar-refractivity contribution in [2.75, 3.05) is 0 Å². The molecule has 0 fully saturated rings. The number of benzene rings is 8. The van der Waals surface area contributed by atoms with Gasteiger partial charge in [-0.1, -0.05) is 140 Å². The number of aromatic nitrogens is 2. The number of furan rings is 1. The van der Waals surface area contributed by atoms with Crippen LogP contribution in [0.15, 0.2) is 199 Å². The zero-order chi connectivity index (χ0) is 38.7. The van der Waals surface area contributed by atoms with Crippen molar-refractivity contribution in [3.63, 3.8) is 0 Å². The molecule has 0 bridgehead atoms.